The molecular formula is C17H28N6OS. The van der Waals surface area contributed by atoms with Gasteiger partial charge in [-0.25, -0.2) is 0 Å². The predicted octanol–water partition coefficient (Wildman–Crippen LogP) is 2.23. The fourth-order valence-corrected chi connectivity index (χ4v) is 3.83. The number of aromatic nitrogens is 5. The van der Waals surface area contributed by atoms with Crippen molar-refractivity contribution in [3.63, 3.8) is 0 Å². The largest absolute Gasteiger partial charge is 0.378 e. The molecule has 3 heterocycles. The summed E-state index contributed by atoms with van der Waals surface area (Å²) in [5.74, 6) is 2.59. The molecule has 3 rings (SSSR count). The van der Waals surface area contributed by atoms with E-state index in [1.165, 1.54) is 5.56 Å². The first-order valence-corrected chi connectivity index (χ1v) is 9.98. The molecule has 0 radical (unpaired) electrons. The van der Waals surface area contributed by atoms with Gasteiger partial charge in [-0.2, -0.15) is 5.10 Å². The number of nitrogens with zero attached hydrogens (tertiary/aromatic N) is 6. The van der Waals surface area contributed by atoms with E-state index in [2.05, 4.69) is 44.8 Å². The van der Waals surface area contributed by atoms with Gasteiger partial charge in [0, 0.05) is 38.6 Å². The van der Waals surface area contributed by atoms with E-state index in [0.717, 1.165) is 62.5 Å². The molecule has 25 heavy (non-hydrogen) atoms. The molecule has 8 heteroatoms. The van der Waals surface area contributed by atoms with Gasteiger partial charge in [0.1, 0.15) is 0 Å². The van der Waals surface area contributed by atoms with E-state index in [1.54, 1.807) is 11.8 Å². The van der Waals surface area contributed by atoms with E-state index in [1.807, 2.05) is 17.9 Å². The van der Waals surface area contributed by atoms with E-state index in [9.17, 15) is 0 Å². The molecule has 0 atom stereocenters. The first-order chi connectivity index (χ1) is 12.1. The van der Waals surface area contributed by atoms with Gasteiger partial charge in [-0.15, -0.1) is 10.2 Å². The number of rotatable bonds is 8. The normalized spacial score (nSPS) is 15.3. The van der Waals surface area contributed by atoms with Crippen molar-refractivity contribution in [3.05, 3.63) is 18.0 Å². The molecular weight excluding hydrogens is 336 g/mol. The molecule has 138 valence electrons. The number of thioether (sulfide) groups is 1. The first kappa shape index (κ1) is 18.3. The Kier molecular flexibility index (Phi) is 6.36. The molecule has 7 nitrogen and oxygen atoms in total. The lowest BCUT2D eigenvalue weighted by Gasteiger charge is -2.28. The van der Waals surface area contributed by atoms with E-state index in [0.29, 0.717) is 5.92 Å². The van der Waals surface area contributed by atoms with Crippen molar-refractivity contribution in [3.8, 4) is 0 Å². The SMILES string of the molecule is CC(C)Cn1c(SCCCc2cnn(C)c2)nnc1N1CCOCC1. The highest BCUT2D eigenvalue weighted by Crippen LogP contribution is 2.25. The Hall–Kier alpha value is -1.54. The highest BCUT2D eigenvalue weighted by atomic mass is 32.2. The van der Waals surface area contributed by atoms with Crippen molar-refractivity contribution in [1.29, 1.82) is 0 Å². The number of aryl methyl sites for hydroxylation is 2. The third kappa shape index (κ3) is 4.98. The van der Waals surface area contributed by atoms with Gasteiger partial charge in [0.2, 0.25) is 5.95 Å². The van der Waals surface area contributed by atoms with Crippen LogP contribution in [-0.4, -0.2) is 56.6 Å². The average molecular weight is 365 g/mol. The smallest absolute Gasteiger partial charge is 0.228 e. The highest BCUT2D eigenvalue weighted by Gasteiger charge is 2.21. The molecule has 0 unspecified atom stereocenters. The van der Waals surface area contributed by atoms with Gasteiger partial charge in [0.25, 0.3) is 0 Å². The molecule has 0 amide bonds. The summed E-state index contributed by atoms with van der Waals surface area (Å²) in [7, 11) is 1.96. The molecule has 0 aliphatic carbocycles. The molecule has 2 aromatic rings. The average Bonchev–Trinajstić information content (AvgIpc) is 3.18. The second-order valence-electron chi connectivity index (χ2n) is 6.86. The van der Waals surface area contributed by atoms with Gasteiger partial charge >= 0.3 is 0 Å². The van der Waals surface area contributed by atoms with Gasteiger partial charge < -0.3 is 9.64 Å². The number of ether oxygens (including phenoxy) is 1. The third-order valence-corrected chi connectivity index (χ3v) is 5.19. The van der Waals surface area contributed by atoms with Crippen LogP contribution in [0.5, 0.6) is 0 Å². The van der Waals surface area contributed by atoms with Gasteiger partial charge in [-0.3, -0.25) is 9.25 Å². The Morgan fingerprint density at radius 2 is 2.04 bits per heavy atom. The number of anilines is 1. The zero-order chi connectivity index (χ0) is 17.6. The van der Waals surface area contributed by atoms with Crippen LogP contribution < -0.4 is 4.90 Å². The predicted molar refractivity (Wildman–Crippen MR) is 100 cm³/mol. The molecule has 1 aliphatic rings. The Labute approximate surface area is 153 Å². The van der Waals surface area contributed by atoms with Crippen molar-refractivity contribution < 1.29 is 4.74 Å². The van der Waals surface area contributed by atoms with Crippen LogP contribution in [0.25, 0.3) is 0 Å². The minimum atomic E-state index is 0.561. The van der Waals surface area contributed by atoms with Crippen LogP contribution in [0.4, 0.5) is 5.95 Å². The summed E-state index contributed by atoms with van der Waals surface area (Å²) in [5.41, 5.74) is 1.29. The van der Waals surface area contributed by atoms with Crippen LogP contribution in [0.1, 0.15) is 25.8 Å². The second-order valence-corrected chi connectivity index (χ2v) is 7.92. The van der Waals surface area contributed by atoms with Gasteiger partial charge in [-0.1, -0.05) is 25.6 Å². The summed E-state index contributed by atoms with van der Waals surface area (Å²) < 4.78 is 9.60. The summed E-state index contributed by atoms with van der Waals surface area (Å²) in [4.78, 5) is 2.29. The summed E-state index contributed by atoms with van der Waals surface area (Å²) in [5, 5.41) is 14.2. The molecule has 0 bridgehead atoms. The zero-order valence-corrected chi connectivity index (χ0v) is 16.2. The topological polar surface area (TPSA) is 61.0 Å². The lowest BCUT2D eigenvalue weighted by atomic mass is 10.2. The van der Waals surface area contributed by atoms with Gasteiger partial charge in [-0.05, 0) is 24.3 Å². The summed E-state index contributed by atoms with van der Waals surface area (Å²) in [6.07, 6.45) is 6.19. The van der Waals surface area contributed by atoms with Crippen molar-refractivity contribution in [2.24, 2.45) is 13.0 Å². The van der Waals surface area contributed by atoms with Crippen LogP contribution in [0.15, 0.2) is 17.6 Å². The molecule has 0 aromatic carbocycles. The third-order valence-electron chi connectivity index (χ3n) is 4.14. The second kappa shape index (κ2) is 8.71. The van der Waals surface area contributed by atoms with Gasteiger partial charge in [0.05, 0.1) is 19.4 Å². The minimum absolute atomic E-state index is 0.561. The van der Waals surface area contributed by atoms with Crippen LogP contribution in [0, 0.1) is 5.92 Å². The van der Waals surface area contributed by atoms with Crippen molar-refractivity contribution in [2.45, 2.75) is 38.4 Å². The fourth-order valence-electron chi connectivity index (χ4n) is 2.95. The van der Waals surface area contributed by atoms with Crippen LogP contribution in [-0.2, 0) is 24.8 Å². The standard InChI is InChI=1S/C17H28N6OS/c1-14(2)12-23-16(22-6-8-24-9-7-22)19-20-17(23)25-10-4-5-15-11-18-21(3)13-15/h11,13-14H,4-10,12H2,1-3H3. The molecule has 1 aliphatic heterocycles. The minimum Gasteiger partial charge on any atom is -0.378 e. The van der Waals surface area contributed by atoms with Crippen LogP contribution in [0.3, 0.4) is 0 Å². The molecule has 2 aromatic heterocycles. The summed E-state index contributed by atoms with van der Waals surface area (Å²) >= 11 is 1.80. The van der Waals surface area contributed by atoms with Crippen molar-refractivity contribution in [1.82, 2.24) is 24.5 Å². The molecule has 0 saturated carbocycles. The maximum atomic E-state index is 5.46. The Bertz CT molecular complexity index is 662. The Morgan fingerprint density at radius 1 is 1.24 bits per heavy atom. The zero-order valence-electron chi connectivity index (χ0n) is 15.4. The molecule has 0 spiro atoms. The maximum Gasteiger partial charge on any atom is 0.228 e. The van der Waals surface area contributed by atoms with Crippen LogP contribution in [0.2, 0.25) is 0 Å². The number of morpholine rings is 1. The van der Waals surface area contributed by atoms with E-state index < -0.39 is 0 Å². The molecule has 1 fully saturated rings. The van der Waals surface area contributed by atoms with Crippen molar-refractivity contribution >= 4 is 17.7 Å². The fraction of sp³-hybridized carbons (Fsp3) is 0.706. The lowest BCUT2D eigenvalue weighted by Crippen LogP contribution is -2.38. The lowest BCUT2D eigenvalue weighted by molar-refractivity contribution is 0.121. The molecule has 0 N–H and O–H groups in total. The highest BCUT2D eigenvalue weighted by molar-refractivity contribution is 7.99. The molecule has 1 saturated heterocycles. The quantitative estimate of drug-likeness (QED) is 0.529. The van der Waals surface area contributed by atoms with E-state index >= 15 is 0 Å². The summed E-state index contributed by atoms with van der Waals surface area (Å²) in [6, 6.07) is 0. The summed E-state index contributed by atoms with van der Waals surface area (Å²) in [6.45, 7) is 8.73. The Balaban J connectivity index is 1.60. The maximum absolute atomic E-state index is 5.46. The Morgan fingerprint density at radius 3 is 2.72 bits per heavy atom. The first-order valence-electron chi connectivity index (χ1n) is 8.99. The monoisotopic (exact) mass is 364 g/mol. The number of hydrogen-bond donors (Lipinski definition) is 0. The van der Waals surface area contributed by atoms with Gasteiger partial charge in [0.15, 0.2) is 5.16 Å². The van der Waals surface area contributed by atoms with Crippen molar-refractivity contribution in [2.75, 3.05) is 37.0 Å². The van der Waals surface area contributed by atoms with E-state index in [4.69, 9.17) is 4.74 Å². The number of hydrogen-bond acceptors (Lipinski definition) is 6. The van der Waals surface area contributed by atoms with Crippen LogP contribution >= 0.6 is 11.8 Å². The van der Waals surface area contributed by atoms with E-state index in [-0.39, 0.29) is 0 Å².